The Morgan fingerprint density at radius 1 is 1.15 bits per heavy atom. The Labute approximate surface area is 156 Å². The molecule has 1 fully saturated rings. The van der Waals surface area contributed by atoms with Crippen LogP contribution in [0.25, 0.3) is 0 Å². The fraction of sp³-hybridized carbons (Fsp3) is 0.316. The number of anilines is 2. The molecule has 1 amide bonds. The lowest BCUT2D eigenvalue weighted by Gasteiger charge is -2.13. The molecule has 0 atom stereocenters. The van der Waals surface area contributed by atoms with Crippen LogP contribution >= 0.6 is 11.6 Å². The summed E-state index contributed by atoms with van der Waals surface area (Å²) in [4.78, 5) is 28.2. The van der Waals surface area contributed by atoms with Crippen LogP contribution in [0.2, 0.25) is 5.02 Å². The van der Waals surface area contributed by atoms with Crippen LogP contribution in [0.1, 0.15) is 46.4 Å². The lowest BCUT2D eigenvalue weighted by atomic mass is 10.2. The van der Waals surface area contributed by atoms with Gasteiger partial charge in [-0.15, -0.1) is 0 Å². The van der Waals surface area contributed by atoms with Crippen molar-refractivity contribution in [1.29, 1.82) is 0 Å². The average Bonchev–Trinajstić information content (AvgIpc) is 3.16. The molecule has 0 spiro atoms. The number of methoxy groups -OCH3 is 1. The number of amides is 1. The van der Waals surface area contributed by atoms with Crippen LogP contribution in [0, 0.1) is 0 Å². The Kier molecular flexibility index (Phi) is 5.73. The average molecular weight is 374 g/mol. The lowest BCUT2D eigenvalue weighted by molar-refractivity contribution is 0.0600. The maximum atomic E-state index is 12.4. The van der Waals surface area contributed by atoms with Crippen molar-refractivity contribution in [2.24, 2.45) is 0 Å². The number of aromatic nitrogens is 1. The van der Waals surface area contributed by atoms with Gasteiger partial charge in [0.2, 0.25) is 0 Å². The van der Waals surface area contributed by atoms with Crippen LogP contribution in [0.3, 0.4) is 0 Å². The number of halogens is 1. The minimum atomic E-state index is -0.451. The minimum absolute atomic E-state index is 0.137. The first kappa shape index (κ1) is 18.2. The zero-order valence-corrected chi connectivity index (χ0v) is 15.2. The number of ether oxygens (including phenoxy) is 1. The number of benzene rings is 1. The lowest BCUT2D eigenvalue weighted by Crippen LogP contribution is -2.32. The molecule has 0 bridgehead atoms. The van der Waals surface area contributed by atoms with Crippen molar-refractivity contribution in [3.63, 3.8) is 0 Å². The summed E-state index contributed by atoms with van der Waals surface area (Å²) in [6.07, 6.45) is 7.47. The van der Waals surface area contributed by atoms with Gasteiger partial charge in [0.1, 0.15) is 0 Å². The summed E-state index contributed by atoms with van der Waals surface area (Å²) in [5.41, 5.74) is 1.99. The van der Waals surface area contributed by atoms with Gasteiger partial charge in [-0.05, 0) is 37.1 Å². The molecule has 0 saturated heterocycles. The predicted octanol–water partition coefficient (Wildman–Crippen LogP) is 3.94. The molecule has 0 aliphatic heterocycles. The summed E-state index contributed by atoms with van der Waals surface area (Å²) in [6, 6.07) is 6.74. The van der Waals surface area contributed by atoms with Crippen LogP contribution in [0.15, 0.2) is 36.7 Å². The molecule has 1 aromatic carbocycles. The molecule has 3 rings (SSSR count). The second-order valence-electron chi connectivity index (χ2n) is 6.23. The fourth-order valence-corrected chi connectivity index (χ4v) is 3.16. The van der Waals surface area contributed by atoms with E-state index in [0.29, 0.717) is 27.5 Å². The highest BCUT2D eigenvalue weighted by Crippen LogP contribution is 2.27. The van der Waals surface area contributed by atoms with Crippen LogP contribution < -0.4 is 10.6 Å². The normalized spacial score (nSPS) is 14.1. The number of carbonyl (C=O) groups is 2. The van der Waals surface area contributed by atoms with Gasteiger partial charge in [0.05, 0.1) is 40.8 Å². The first-order chi connectivity index (χ1) is 12.6. The van der Waals surface area contributed by atoms with Gasteiger partial charge >= 0.3 is 5.97 Å². The number of pyridine rings is 1. The molecule has 2 aromatic rings. The molecule has 1 aromatic heterocycles. The quantitative estimate of drug-likeness (QED) is 0.776. The fourth-order valence-electron chi connectivity index (χ4n) is 2.99. The van der Waals surface area contributed by atoms with Gasteiger partial charge in [-0.3, -0.25) is 9.78 Å². The molecule has 0 radical (unpaired) electrons. The van der Waals surface area contributed by atoms with E-state index in [-0.39, 0.29) is 11.9 Å². The smallest absolute Gasteiger partial charge is 0.337 e. The third kappa shape index (κ3) is 4.32. The van der Waals surface area contributed by atoms with E-state index >= 15 is 0 Å². The third-order valence-corrected chi connectivity index (χ3v) is 4.69. The topological polar surface area (TPSA) is 80.3 Å². The summed E-state index contributed by atoms with van der Waals surface area (Å²) in [5.74, 6) is -0.588. The highest BCUT2D eigenvalue weighted by atomic mass is 35.5. The van der Waals surface area contributed by atoms with Crippen LogP contribution in [0.5, 0.6) is 0 Å². The number of hydrogen-bond donors (Lipinski definition) is 2. The first-order valence-corrected chi connectivity index (χ1v) is 8.85. The van der Waals surface area contributed by atoms with E-state index in [1.54, 1.807) is 30.5 Å². The summed E-state index contributed by atoms with van der Waals surface area (Å²) in [7, 11) is 1.32. The van der Waals surface area contributed by atoms with Gasteiger partial charge in [-0.2, -0.15) is 0 Å². The summed E-state index contributed by atoms with van der Waals surface area (Å²) < 4.78 is 4.72. The van der Waals surface area contributed by atoms with Crippen molar-refractivity contribution >= 4 is 34.9 Å². The number of hydrogen-bond acceptors (Lipinski definition) is 5. The number of nitrogens with one attached hydrogen (secondary N) is 2. The summed E-state index contributed by atoms with van der Waals surface area (Å²) in [6.45, 7) is 0. The van der Waals surface area contributed by atoms with Crippen molar-refractivity contribution in [3.8, 4) is 0 Å². The molecule has 6 nitrogen and oxygen atoms in total. The van der Waals surface area contributed by atoms with E-state index in [1.165, 1.54) is 13.3 Å². The van der Waals surface area contributed by atoms with Crippen molar-refractivity contribution < 1.29 is 14.3 Å². The number of nitrogens with zero attached hydrogens (tertiary/aromatic N) is 1. The molecular weight excluding hydrogens is 354 g/mol. The minimum Gasteiger partial charge on any atom is -0.465 e. The van der Waals surface area contributed by atoms with Gasteiger partial charge in [-0.1, -0.05) is 24.4 Å². The second-order valence-corrected chi connectivity index (χ2v) is 6.64. The van der Waals surface area contributed by atoms with Crippen LogP contribution in [-0.2, 0) is 4.74 Å². The Balaban J connectivity index is 1.76. The number of carbonyl (C=O) groups excluding carboxylic acids is 2. The highest BCUT2D eigenvalue weighted by molar-refractivity contribution is 6.33. The van der Waals surface area contributed by atoms with Crippen molar-refractivity contribution in [2.45, 2.75) is 31.7 Å². The largest absolute Gasteiger partial charge is 0.465 e. The van der Waals surface area contributed by atoms with E-state index in [9.17, 15) is 9.59 Å². The predicted molar refractivity (Wildman–Crippen MR) is 100 cm³/mol. The van der Waals surface area contributed by atoms with E-state index in [1.807, 2.05) is 0 Å². The van der Waals surface area contributed by atoms with Gasteiger partial charge in [0.25, 0.3) is 5.91 Å². The van der Waals surface area contributed by atoms with Crippen LogP contribution in [0.4, 0.5) is 11.4 Å². The van der Waals surface area contributed by atoms with Crippen molar-refractivity contribution in [3.05, 3.63) is 52.8 Å². The summed E-state index contributed by atoms with van der Waals surface area (Å²) in [5, 5.41) is 6.58. The number of esters is 1. The Morgan fingerprint density at radius 2 is 1.92 bits per heavy atom. The molecule has 1 aliphatic carbocycles. The molecule has 26 heavy (non-hydrogen) atoms. The maximum absolute atomic E-state index is 12.4. The molecule has 7 heteroatoms. The Hall–Kier alpha value is -2.60. The van der Waals surface area contributed by atoms with Crippen LogP contribution in [-0.4, -0.2) is 30.0 Å². The molecule has 0 unspecified atom stereocenters. The molecule has 136 valence electrons. The van der Waals surface area contributed by atoms with E-state index in [2.05, 4.69) is 15.6 Å². The molecule has 1 heterocycles. The maximum Gasteiger partial charge on any atom is 0.337 e. The molecule has 1 aliphatic rings. The Morgan fingerprint density at radius 3 is 2.65 bits per heavy atom. The van der Waals surface area contributed by atoms with Gasteiger partial charge in [-0.25, -0.2) is 4.79 Å². The van der Waals surface area contributed by atoms with Gasteiger partial charge in [0.15, 0.2) is 0 Å². The van der Waals surface area contributed by atoms with Crippen molar-refractivity contribution in [1.82, 2.24) is 10.3 Å². The zero-order chi connectivity index (χ0) is 18.5. The second kappa shape index (κ2) is 8.19. The van der Waals surface area contributed by atoms with E-state index < -0.39 is 5.97 Å². The van der Waals surface area contributed by atoms with E-state index in [0.717, 1.165) is 25.7 Å². The molecule has 1 saturated carbocycles. The van der Waals surface area contributed by atoms with Gasteiger partial charge < -0.3 is 15.4 Å². The highest BCUT2D eigenvalue weighted by Gasteiger charge is 2.18. The monoisotopic (exact) mass is 373 g/mol. The SMILES string of the molecule is COC(=O)c1ccc(Cl)c(Nc2cncc(C(=O)NC3CCCC3)c2)c1. The number of rotatable bonds is 5. The Bertz CT molecular complexity index is 819. The molecule has 2 N–H and O–H groups in total. The third-order valence-electron chi connectivity index (χ3n) is 4.36. The van der Waals surface area contributed by atoms with E-state index in [4.69, 9.17) is 16.3 Å². The van der Waals surface area contributed by atoms with Gasteiger partial charge in [0, 0.05) is 12.2 Å². The zero-order valence-electron chi connectivity index (χ0n) is 14.4. The standard InChI is InChI=1S/C19H20ClN3O3/c1-26-19(25)12-6-7-16(20)17(9-12)22-15-8-13(10-21-11-15)18(24)23-14-4-2-3-5-14/h6-11,14,22H,2-5H2,1H3,(H,23,24). The van der Waals surface area contributed by atoms with Crippen molar-refractivity contribution in [2.75, 3.05) is 12.4 Å². The molecular formula is C19H20ClN3O3. The first-order valence-electron chi connectivity index (χ1n) is 8.47. The summed E-state index contributed by atoms with van der Waals surface area (Å²) >= 11 is 6.20.